The maximum atomic E-state index is 13.1. The average molecular weight is 283 g/mol. The molecule has 0 aliphatic carbocycles. The lowest BCUT2D eigenvalue weighted by molar-refractivity contribution is -0.0716. The van der Waals surface area contributed by atoms with Gasteiger partial charge in [-0.3, -0.25) is 0 Å². The third-order valence-electron chi connectivity index (χ3n) is 2.27. The number of benzene rings is 1. The number of nitrogens with zero attached hydrogens (tertiary/aromatic N) is 1. The zero-order valence-corrected chi connectivity index (χ0v) is 9.72. The van der Waals surface area contributed by atoms with Crippen LogP contribution in [0.1, 0.15) is 17.2 Å². The summed E-state index contributed by atoms with van der Waals surface area (Å²) in [6.45, 7) is -1.52. The van der Waals surface area contributed by atoms with Crippen molar-refractivity contribution in [2.24, 2.45) is 5.73 Å². The van der Waals surface area contributed by atoms with Crippen LogP contribution in [-0.4, -0.2) is 22.7 Å². The van der Waals surface area contributed by atoms with Crippen LogP contribution < -0.4 is 5.73 Å². The summed E-state index contributed by atoms with van der Waals surface area (Å²) in [6.07, 6.45) is 0. The number of aliphatic hydroxyl groups is 1. The highest BCUT2D eigenvalue weighted by Gasteiger charge is 2.39. The second kappa shape index (κ2) is 5.91. The lowest BCUT2D eigenvalue weighted by Gasteiger charge is -2.22. The van der Waals surface area contributed by atoms with E-state index in [1.54, 1.807) is 0 Å². The molecule has 0 saturated heterocycles. The summed E-state index contributed by atoms with van der Waals surface area (Å²) in [6, 6.07) is 0.911. The third kappa shape index (κ3) is 2.85. The van der Waals surface area contributed by atoms with Crippen molar-refractivity contribution in [3.8, 4) is 11.8 Å². The van der Waals surface area contributed by atoms with Gasteiger partial charge in [-0.2, -0.15) is 5.26 Å². The molecule has 0 radical (unpaired) electrons. The van der Waals surface area contributed by atoms with Gasteiger partial charge in [-0.15, -0.1) is 12.4 Å². The molecule has 0 aliphatic heterocycles. The van der Waals surface area contributed by atoms with E-state index in [1.807, 2.05) is 0 Å². The third-order valence-corrected chi connectivity index (χ3v) is 2.27. The fourth-order valence-corrected chi connectivity index (χ4v) is 1.27. The molecule has 0 aromatic heterocycles. The predicted octanol–water partition coefficient (Wildman–Crippen LogP) is 1.45. The van der Waals surface area contributed by atoms with E-state index in [0.717, 1.165) is 12.1 Å². The van der Waals surface area contributed by atoms with Gasteiger partial charge in [-0.25, -0.2) is 13.2 Å². The number of aliphatic hydroxyl groups excluding tert-OH is 1. The highest BCUT2D eigenvalue weighted by molar-refractivity contribution is 5.85. The molecule has 0 fully saturated rings. The molecule has 0 amide bonds. The number of hydrogen-bond donors (Lipinski definition) is 3. The lowest BCUT2D eigenvalue weighted by Crippen LogP contribution is -2.36. The summed E-state index contributed by atoms with van der Waals surface area (Å²) < 4.78 is 39.2. The van der Waals surface area contributed by atoms with Crippen molar-refractivity contribution in [3.05, 3.63) is 29.1 Å². The van der Waals surface area contributed by atoms with E-state index in [-0.39, 0.29) is 12.4 Å². The van der Waals surface area contributed by atoms with E-state index in [2.05, 4.69) is 0 Å². The van der Waals surface area contributed by atoms with Crippen molar-refractivity contribution in [1.29, 1.82) is 5.26 Å². The Bertz CT molecular complexity index is 477. The summed E-state index contributed by atoms with van der Waals surface area (Å²) in [5, 5.41) is 26.4. The monoisotopic (exact) mass is 282 g/mol. The van der Waals surface area contributed by atoms with E-state index in [1.165, 1.54) is 6.07 Å². The molecule has 0 saturated carbocycles. The molecule has 8 heteroatoms. The highest BCUT2D eigenvalue weighted by atomic mass is 35.5. The standard InChI is InChI=1S/C10H9F3N2O2.ClH/c11-7-2-1-5(8(17)6(7)3-14)9(15)10(12,13)4-16;/h1-2,9,16-17H,4,15H2;1H/t9-;/m1./s1. The van der Waals surface area contributed by atoms with Crippen molar-refractivity contribution in [3.63, 3.8) is 0 Å². The Morgan fingerprint density at radius 2 is 2.00 bits per heavy atom. The number of alkyl halides is 2. The molecule has 1 aromatic carbocycles. The first-order valence-corrected chi connectivity index (χ1v) is 4.51. The van der Waals surface area contributed by atoms with Gasteiger partial charge in [-0.1, -0.05) is 6.07 Å². The number of nitriles is 1. The minimum Gasteiger partial charge on any atom is -0.506 e. The van der Waals surface area contributed by atoms with Crippen molar-refractivity contribution in [2.45, 2.75) is 12.0 Å². The minimum absolute atomic E-state index is 0. The number of nitrogens with two attached hydrogens (primary N) is 1. The average Bonchev–Trinajstić information content (AvgIpc) is 2.29. The predicted molar refractivity (Wildman–Crippen MR) is 59.0 cm³/mol. The summed E-state index contributed by atoms with van der Waals surface area (Å²) >= 11 is 0. The van der Waals surface area contributed by atoms with E-state index in [9.17, 15) is 18.3 Å². The molecule has 0 aliphatic rings. The second-order valence-electron chi connectivity index (χ2n) is 3.37. The smallest absolute Gasteiger partial charge is 0.289 e. The Kier molecular flexibility index (Phi) is 5.42. The van der Waals surface area contributed by atoms with Crippen molar-refractivity contribution < 1.29 is 23.4 Å². The first kappa shape index (κ1) is 16.5. The molecular weight excluding hydrogens is 273 g/mol. The molecule has 100 valence electrons. The Hall–Kier alpha value is -1.49. The van der Waals surface area contributed by atoms with Gasteiger partial charge in [0.25, 0.3) is 5.92 Å². The Labute approximate surface area is 107 Å². The topological polar surface area (TPSA) is 90.3 Å². The molecule has 4 nitrogen and oxygen atoms in total. The Morgan fingerprint density at radius 1 is 1.44 bits per heavy atom. The van der Waals surface area contributed by atoms with Crippen LogP contribution in [0.25, 0.3) is 0 Å². The summed E-state index contributed by atoms with van der Waals surface area (Å²) in [4.78, 5) is 0. The largest absolute Gasteiger partial charge is 0.506 e. The molecule has 1 aromatic rings. The Balaban J connectivity index is 0.00000289. The molecule has 0 bridgehead atoms. The van der Waals surface area contributed by atoms with Gasteiger partial charge >= 0.3 is 0 Å². The molecular formula is C10H10ClF3N2O2. The van der Waals surface area contributed by atoms with Crippen LogP contribution in [0.2, 0.25) is 0 Å². The molecule has 4 N–H and O–H groups in total. The number of phenols is 1. The normalized spacial score (nSPS) is 12.4. The van der Waals surface area contributed by atoms with Gasteiger partial charge in [0, 0.05) is 5.56 Å². The molecule has 1 atom stereocenters. The summed E-state index contributed by atoms with van der Waals surface area (Å²) in [5.74, 6) is -5.65. The SMILES string of the molecule is Cl.N#Cc1c(F)ccc([C@@H](N)C(F)(F)CO)c1O. The van der Waals surface area contributed by atoms with Crippen molar-refractivity contribution in [1.82, 2.24) is 0 Å². The van der Waals surface area contributed by atoms with Crippen LogP contribution in [-0.2, 0) is 0 Å². The first-order valence-electron chi connectivity index (χ1n) is 4.51. The number of hydrogen-bond acceptors (Lipinski definition) is 4. The fraction of sp³-hybridized carbons (Fsp3) is 0.300. The summed E-state index contributed by atoms with van der Waals surface area (Å²) in [7, 11) is 0. The number of aromatic hydroxyl groups is 1. The molecule has 1 rings (SSSR count). The van der Waals surface area contributed by atoms with Gasteiger partial charge in [0.1, 0.15) is 35.8 Å². The van der Waals surface area contributed by atoms with Gasteiger partial charge < -0.3 is 15.9 Å². The molecule has 0 spiro atoms. The van der Waals surface area contributed by atoms with Gasteiger partial charge in [-0.05, 0) is 6.07 Å². The van der Waals surface area contributed by atoms with Crippen LogP contribution in [0, 0.1) is 17.1 Å². The molecule has 18 heavy (non-hydrogen) atoms. The van der Waals surface area contributed by atoms with Crippen molar-refractivity contribution in [2.75, 3.05) is 6.61 Å². The van der Waals surface area contributed by atoms with Gasteiger partial charge in [0.05, 0.1) is 0 Å². The van der Waals surface area contributed by atoms with Crippen LogP contribution in [0.5, 0.6) is 5.75 Å². The zero-order chi connectivity index (χ0) is 13.2. The number of halogens is 4. The quantitative estimate of drug-likeness (QED) is 0.783. The van der Waals surface area contributed by atoms with E-state index in [4.69, 9.17) is 16.1 Å². The van der Waals surface area contributed by atoms with Crippen molar-refractivity contribution >= 4 is 12.4 Å². The molecule has 0 unspecified atom stereocenters. The van der Waals surface area contributed by atoms with Gasteiger partial charge in [0.2, 0.25) is 0 Å². The zero-order valence-electron chi connectivity index (χ0n) is 8.90. The van der Waals surface area contributed by atoms with Crippen LogP contribution in [0.3, 0.4) is 0 Å². The highest BCUT2D eigenvalue weighted by Crippen LogP contribution is 2.36. The Morgan fingerprint density at radius 3 is 2.44 bits per heavy atom. The lowest BCUT2D eigenvalue weighted by atomic mass is 9.98. The number of phenolic OH excluding ortho intramolecular Hbond substituents is 1. The van der Waals surface area contributed by atoms with Gasteiger partial charge in [0.15, 0.2) is 0 Å². The minimum atomic E-state index is -3.68. The molecule has 0 heterocycles. The summed E-state index contributed by atoms with van der Waals surface area (Å²) in [5.41, 5.74) is 3.90. The van der Waals surface area contributed by atoms with Crippen LogP contribution in [0.15, 0.2) is 12.1 Å². The first-order chi connectivity index (χ1) is 7.85. The van der Waals surface area contributed by atoms with E-state index < -0.39 is 41.3 Å². The fourth-order valence-electron chi connectivity index (χ4n) is 1.27. The maximum Gasteiger partial charge on any atom is 0.289 e. The van der Waals surface area contributed by atoms with Crippen LogP contribution >= 0.6 is 12.4 Å². The maximum absolute atomic E-state index is 13.1. The van der Waals surface area contributed by atoms with Crippen LogP contribution in [0.4, 0.5) is 13.2 Å². The van der Waals surface area contributed by atoms with E-state index in [0.29, 0.717) is 0 Å². The number of rotatable bonds is 3. The second-order valence-corrected chi connectivity index (χ2v) is 3.37. The van der Waals surface area contributed by atoms with E-state index >= 15 is 0 Å².